The number of unbranched alkanes of at least 4 members (excludes halogenated alkanes) is 9. The summed E-state index contributed by atoms with van der Waals surface area (Å²) in [6.45, 7) is 7.28. The maximum absolute atomic E-state index is 3.96. The number of quaternary nitrogens is 1. The topological polar surface area (TPSA) is 0 Å². The van der Waals surface area contributed by atoms with Crippen molar-refractivity contribution in [3.8, 4) is 0 Å². The lowest BCUT2D eigenvalue weighted by molar-refractivity contribution is -0.916. The predicted octanol–water partition coefficient (Wildman–Crippen LogP) is 7.30. The Morgan fingerprint density at radius 2 is 1.36 bits per heavy atom. The lowest BCUT2D eigenvalue weighted by Crippen LogP contribution is -2.43. The summed E-state index contributed by atoms with van der Waals surface area (Å²) in [7, 11) is 4.69. The van der Waals surface area contributed by atoms with Crippen LogP contribution in [0.3, 0.4) is 0 Å². The van der Waals surface area contributed by atoms with E-state index in [1.54, 1.807) is 0 Å². The molecule has 0 bridgehead atoms. The van der Waals surface area contributed by atoms with Crippen LogP contribution in [0.5, 0.6) is 0 Å². The fourth-order valence-electron chi connectivity index (χ4n) is 3.88. The van der Waals surface area contributed by atoms with E-state index in [0.717, 1.165) is 11.0 Å². The lowest BCUT2D eigenvalue weighted by atomic mass is 9.96. The second kappa shape index (κ2) is 13.2. The SMILES string of the molecule is C=CC[N+](C)(C)C(CCCCCCCCCCCC)c1ccccc1. The van der Waals surface area contributed by atoms with E-state index in [1.807, 2.05) is 0 Å². The van der Waals surface area contributed by atoms with E-state index in [1.165, 1.54) is 76.2 Å². The molecule has 0 saturated carbocycles. The van der Waals surface area contributed by atoms with Crippen LogP contribution in [0.2, 0.25) is 0 Å². The van der Waals surface area contributed by atoms with Crippen LogP contribution in [0.15, 0.2) is 43.0 Å². The first-order chi connectivity index (χ1) is 12.1. The quantitative estimate of drug-likeness (QED) is 0.178. The normalized spacial score (nSPS) is 12.9. The first kappa shape index (κ1) is 22.0. The maximum atomic E-state index is 3.96. The van der Waals surface area contributed by atoms with E-state index in [4.69, 9.17) is 0 Å². The number of rotatable bonds is 15. The summed E-state index contributed by atoms with van der Waals surface area (Å²) in [6, 6.07) is 11.6. The predicted molar refractivity (Wildman–Crippen MR) is 113 cm³/mol. The highest BCUT2D eigenvalue weighted by Gasteiger charge is 2.27. The number of nitrogens with zero attached hydrogens (tertiary/aromatic N) is 1. The van der Waals surface area contributed by atoms with Gasteiger partial charge in [0, 0.05) is 12.0 Å². The third-order valence-corrected chi connectivity index (χ3v) is 5.46. The molecule has 0 aliphatic heterocycles. The summed E-state index contributed by atoms with van der Waals surface area (Å²) in [5.41, 5.74) is 1.48. The standard InChI is InChI=1S/C24H42N/c1-5-7-8-9-10-11-12-13-14-18-21-24(25(3,4)22-6-2)23-19-16-15-17-20-23/h6,15-17,19-20,24H,2,5,7-14,18,21-22H2,1,3-4H3/q+1. The summed E-state index contributed by atoms with van der Waals surface area (Å²) in [5, 5.41) is 0. The van der Waals surface area contributed by atoms with Gasteiger partial charge in [0.05, 0.1) is 20.6 Å². The molecule has 0 spiro atoms. The fraction of sp³-hybridized carbons (Fsp3) is 0.667. The zero-order valence-electron chi connectivity index (χ0n) is 17.2. The third-order valence-electron chi connectivity index (χ3n) is 5.46. The molecule has 0 radical (unpaired) electrons. The number of hydrogen-bond acceptors (Lipinski definition) is 0. The number of likely N-dealkylation sites (N-methyl/N-ethyl adjacent to an activating group) is 1. The van der Waals surface area contributed by atoms with Crippen LogP contribution < -0.4 is 0 Å². The van der Waals surface area contributed by atoms with Gasteiger partial charge < -0.3 is 4.48 Å². The van der Waals surface area contributed by atoms with Crippen LogP contribution in [-0.4, -0.2) is 25.1 Å². The van der Waals surface area contributed by atoms with Gasteiger partial charge in [0.25, 0.3) is 0 Å². The molecule has 1 rings (SSSR count). The van der Waals surface area contributed by atoms with Crippen molar-refractivity contribution in [3.63, 3.8) is 0 Å². The van der Waals surface area contributed by atoms with Gasteiger partial charge in [-0.3, -0.25) is 0 Å². The molecule has 0 heterocycles. The van der Waals surface area contributed by atoms with Crippen LogP contribution in [0.4, 0.5) is 0 Å². The summed E-state index contributed by atoms with van der Waals surface area (Å²) < 4.78 is 1.00. The van der Waals surface area contributed by atoms with Crippen molar-refractivity contribution >= 4 is 0 Å². The third kappa shape index (κ3) is 9.26. The Labute approximate surface area is 157 Å². The molecule has 1 aromatic carbocycles. The summed E-state index contributed by atoms with van der Waals surface area (Å²) in [6.07, 6.45) is 17.4. The second-order valence-corrected chi connectivity index (χ2v) is 8.15. The Kier molecular flexibility index (Phi) is 11.6. The molecular weight excluding hydrogens is 302 g/mol. The Balaban J connectivity index is 2.31. The number of benzene rings is 1. The van der Waals surface area contributed by atoms with Crippen molar-refractivity contribution in [2.45, 2.75) is 83.6 Å². The van der Waals surface area contributed by atoms with Gasteiger partial charge in [-0.05, 0) is 12.5 Å². The van der Waals surface area contributed by atoms with Gasteiger partial charge in [0.15, 0.2) is 0 Å². The molecule has 142 valence electrons. The average molecular weight is 345 g/mol. The molecule has 1 nitrogen and oxygen atoms in total. The van der Waals surface area contributed by atoms with Gasteiger partial charge >= 0.3 is 0 Å². The Hall–Kier alpha value is -1.08. The zero-order chi connectivity index (χ0) is 18.4. The lowest BCUT2D eigenvalue weighted by Gasteiger charge is -2.38. The largest absolute Gasteiger partial charge is 0.319 e. The van der Waals surface area contributed by atoms with E-state index < -0.39 is 0 Å². The molecule has 1 heteroatoms. The van der Waals surface area contributed by atoms with Gasteiger partial charge in [0.2, 0.25) is 0 Å². The highest BCUT2D eigenvalue weighted by atomic mass is 15.3. The molecule has 0 saturated heterocycles. The van der Waals surface area contributed by atoms with Crippen molar-refractivity contribution in [1.82, 2.24) is 0 Å². The smallest absolute Gasteiger partial charge is 0.114 e. The van der Waals surface area contributed by atoms with Crippen molar-refractivity contribution in [3.05, 3.63) is 48.6 Å². The van der Waals surface area contributed by atoms with Gasteiger partial charge in [-0.25, -0.2) is 0 Å². The molecular formula is C24H42N+. The Bertz CT molecular complexity index is 435. The minimum absolute atomic E-state index is 0.577. The molecule has 1 atom stereocenters. The van der Waals surface area contributed by atoms with Crippen molar-refractivity contribution in [2.24, 2.45) is 0 Å². The summed E-state index contributed by atoms with van der Waals surface area (Å²) in [4.78, 5) is 0. The minimum Gasteiger partial charge on any atom is -0.319 e. The molecule has 0 N–H and O–H groups in total. The van der Waals surface area contributed by atoms with E-state index in [-0.39, 0.29) is 0 Å². The highest BCUT2D eigenvalue weighted by Crippen LogP contribution is 2.30. The minimum atomic E-state index is 0.577. The van der Waals surface area contributed by atoms with E-state index in [2.05, 4.69) is 64.0 Å². The first-order valence-electron chi connectivity index (χ1n) is 10.6. The van der Waals surface area contributed by atoms with E-state index >= 15 is 0 Å². The van der Waals surface area contributed by atoms with Crippen molar-refractivity contribution in [1.29, 1.82) is 0 Å². The van der Waals surface area contributed by atoms with Crippen molar-refractivity contribution < 1.29 is 4.48 Å². The average Bonchev–Trinajstić information content (AvgIpc) is 2.60. The van der Waals surface area contributed by atoms with Crippen LogP contribution in [-0.2, 0) is 0 Å². The molecule has 1 aromatic rings. The van der Waals surface area contributed by atoms with Crippen molar-refractivity contribution in [2.75, 3.05) is 20.6 Å². The second-order valence-electron chi connectivity index (χ2n) is 8.15. The van der Waals surface area contributed by atoms with Crippen LogP contribution >= 0.6 is 0 Å². The molecule has 0 amide bonds. The molecule has 0 aliphatic carbocycles. The van der Waals surface area contributed by atoms with E-state index in [9.17, 15) is 0 Å². The van der Waals surface area contributed by atoms with Crippen LogP contribution in [0, 0.1) is 0 Å². The van der Waals surface area contributed by atoms with Gasteiger partial charge in [0.1, 0.15) is 6.04 Å². The highest BCUT2D eigenvalue weighted by molar-refractivity contribution is 5.17. The zero-order valence-corrected chi connectivity index (χ0v) is 17.2. The van der Waals surface area contributed by atoms with Crippen LogP contribution in [0.1, 0.15) is 89.2 Å². The Morgan fingerprint density at radius 3 is 1.88 bits per heavy atom. The van der Waals surface area contributed by atoms with Gasteiger partial charge in [-0.15, -0.1) is 0 Å². The maximum Gasteiger partial charge on any atom is 0.114 e. The summed E-state index contributed by atoms with van der Waals surface area (Å²) in [5.74, 6) is 0. The monoisotopic (exact) mass is 344 g/mol. The van der Waals surface area contributed by atoms with Gasteiger partial charge in [-0.2, -0.15) is 0 Å². The Morgan fingerprint density at radius 1 is 0.840 bits per heavy atom. The summed E-state index contributed by atoms with van der Waals surface area (Å²) >= 11 is 0. The van der Waals surface area contributed by atoms with E-state index in [0.29, 0.717) is 6.04 Å². The number of hydrogen-bond donors (Lipinski definition) is 0. The fourth-order valence-corrected chi connectivity index (χ4v) is 3.88. The molecule has 25 heavy (non-hydrogen) atoms. The molecule has 0 fully saturated rings. The molecule has 0 aromatic heterocycles. The van der Waals surface area contributed by atoms with Gasteiger partial charge in [-0.1, -0.05) is 102 Å². The van der Waals surface area contributed by atoms with Crippen LogP contribution in [0.25, 0.3) is 0 Å². The molecule has 0 aliphatic rings. The first-order valence-corrected chi connectivity index (χ1v) is 10.6. The molecule has 1 unspecified atom stereocenters.